The number of rotatable bonds is 8. The molecule has 0 fully saturated rings. The van der Waals surface area contributed by atoms with Crippen LogP contribution < -0.4 is 14.8 Å². The number of nitrogens with one attached hydrogen (secondary N) is 1. The van der Waals surface area contributed by atoms with E-state index >= 15 is 0 Å². The van der Waals surface area contributed by atoms with Crippen molar-refractivity contribution in [1.82, 2.24) is 10.2 Å². The van der Waals surface area contributed by atoms with Crippen LogP contribution in [0.3, 0.4) is 0 Å². The molecule has 0 aromatic heterocycles. The summed E-state index contributed by atoms with van der Waals surface area (Å²) in [6.45, 7) is 6.54. The number of carbonyl (C=O) groups is 1. The van der Waals surface area contributed by atoms with Gasteiger partial charge in [-0.05, 0) is 20.0 Å². The van der Waals surface area contributed by atoms with Crippen molar-refractivity contribution in [3.05, 3.63) is 36.4 Å². The number of amides is 1. The summed E-state index contributed by atoms with van der Waals surface area (Å²) in [6, 6.07) is 5.43. The molecule has 1 N–H and O–H groups in total. The summed E-state index contributed by atoms with van der Waals surface area (Å²) in [6.07, 6.45) is 1.66. The molecule has 1 rings (SSSR count). The lowest BCUT2D eigenvalue weighted by Gasteiger charge is -2.24. The zero-order valence-electron chi connectivity index (χ0n) is 13.2. The summed E-state index contributed by atoms with van der Waals surface area (Å²) in [7, 11) is 5.15. The SMILES string of the molecule is C=CCNC(=O)C(C)N(C)Cc1ccc(OC)cc1OC. The standard InChI is InChI=1S/C16H24N2O3/c1-6-9-17-16(19)12(2)18(3)11-13-7-8-14(20-4)10-15(13)21-5/h6-8,10,12H,1,9,11H2,2-5H3,(H,17,19). The molecule has 0 saturated carbocycles. The van der Waals surface area contributed by atoms with E-state index in [9.17, 15) is 4.79 Å². The highest BCUT2D eigenvalue weighted by Gasteiger charge is 2.18. The van der Waals surface area contributed by atoms with Crippen LogP contribution in [0.4, 0.5) is 0 Å². The maximum Gasteiger partial charge on any atom is 0.237 e. The second-order valence-electron chi connectivity index (χ2n) is 4.80. The Morgan fingerprint density at radius 2 is 2.14 bits per heavy atom. The average molecular weight is 292 g/mol. The van der Waals surface area contributed by atoms with Crippen molar-refractivity contribution in [2.75, 3.05) is 27.8 Å². The maximum absolute atomic E-state index is 11.9. The topological polar surface area (TPSA) is 50.8 Å². The zero-order chi connectivity index (χ0) is 15.8. The molecule has 0 aliphatic carbocycles. The molecule has 5 nitrogen and oxygen atoms in total. The van der Waals surface area contributed by atoms with Gasteiger partial charge in [-0.1, -0.05) is 12.1 Å². The molecule has 1 aromatic carbocycles. The minimum Gasteiger partial charge on any atom is -0.497 e. The Hall–Kier alpha value is -2.01. The van der Waals surface area contributed by atoms with Gasteiger partial charge < -0.3 is 14.8 Å². The molecule has 1 unspecified atom stereocenters. The molecular formula is C16H24N2O3. The van der Waals surface area contributed by atoms with E-state index < -0.39 is 0 Å². The van der Waals surface area contributed by atoms with Gasteiger partial charge in [-0.15, -0.1) is 6.58 Å². The fourth-order valence-corrected chi connectivity index (χ4v) is 1.91. The molecule has 0 saturated heterocycles. The predicted octanol–water partition coefficient (Wildman–Crippen LogP) is 1.83. The molecule has 5 heteroatoms. The van der Waals surface area contributed by atoms with Gasteiger partial charge in [0, 0.05) is 24.7 Å². The summed E-state index contributed by atoms with van der Waals surface area (Å²) < 4.78 is 10.6. The Balaban J connectivity index is 2.75. The summed E-state index contributed by atoms with van der Waals surface area (Å²) in [5, 5.41) is 2.80. The number of methoxy groups -OCH3 is 2. The molecule has 0 aliphatic heterocycles. The lowest BCUT2D eigenvalue weighted by molar-refractivity contribution is -0.125. The van der Waals surface area contributed by atoms with Crippen molar-refractivity contribution >= 4 is 5.91 Å². The van der Waals surface area contributed by atoms with Crippen LogP contribution in [0.5, 0.6) is 11.5 Å². The molecule has 0 radical (unpaired) electrons. The van der Waals surface area contributed by atoms with Gasteiger partial charge in [0.1, 0.15) is 11.5 Å². The Bertz CT molecular complexity index is 488. The van der Waals surface area contributed by atoms with Gasteiger partial charge in [0.2, 0.25) is 5.91 Å². The fourth-order valence-electron chi connectivity index (χ4n) is 1.91. The summed E-state index contributed by atoms with van der Waals surface area (Å²) in [5.41, 5.74) is 1.00. The van der Waals surface area contributed by atoms with Crippen LogP contribution in [0.15, 0.2) is 30.9 Å². The first-order valence-electron chi connectivity index (χ1n) is 6.83. The molecule has 1 amide bonds. The Labute approximate surface area is 126 Å². The van der Waals surface area contributed by atoms with Gasteiger partial charge in [0.25, 0.3) is 0 Å². The van der Waals surface area contributed by atoms with Crippen LogP contribution in [0.2, 0.25) is 0 Å². The van der Waals surface area contributed by atoms with Crippen molar-refractivity contribution in [2.45, 2.75) is 19.5 Å². The van der Waals surface area contributed by atoms with E-state index in [-0.39, 0.29) is 11.9 Å². The predicted molar refractivity (Wildman–Crippen MR) is 83.7 cm³/mol. The number of hydrogen-bond acceptors (Lipinski definition) is 4. The van der Waals surface area contributed by atoms with Crippen molar-refractivity contribution < 1.29 is 14.3 Å². The highest BCUT2D eigenvalue weighted by molar-refractivity contribution is 5.81. The van der Waals surface area contributed by atoms with Crippen molar-refractivity contribution in [3.8, 4) is 11.5 Å². The van der Waals surface area contributed by atoms with Gasteiger partial charge >= 0.3 is 0 Å². The van der Waals surface area contributed by atoms with Gasteiger partial charge in [-0.2, -0.15) is 0 Å². The molecule has 1 aromatic rings. The van der Waals surface area contributed by atoms with Crippen LogP contribution in [0.25, 0.3) is 0 Å². The average Bonchev–Trinajstić information content (AvgIpc) is 2.51. The van der Waals surface area contributed by atoms with E-state index in [0.717, 1.165) is 17.1 Å². The Morgan fingerprint density at radius 3 is 2.71 bits per heavy atom. The second kappa shape index (κ2) is 8.32. The number of hydrogen-bond donors (Lipinski definition) is 1. The lowest BCUT2D eigenvalue weighted by Crippen LogP contribution is -2.42. The number of benzene rings is 1. The minimum absolute atomic E-state index is 0.0233. The highest BCUT2D eigenvalue weighted by Crippen LogP contribution is 2.25. The summed E-state index contributed by atoms with van der Waals surface area (Å²) in [4.78, 5) is 13.9. The first kappa shape index (κ1) is 17.0. The lowest BCUT2D eigenvalue weighted by atomic mass is 10.1. The molecule has 0 aliphatic rings. The second-order valence-corrected chi connectivity index (χ2v) is 4.80. The smallest absolute Gasteiger partial charge is 0.237 e. The van der Waals surface area contributed by atoms with Crippen LogP contribution in [0, 0.1) is 0 Å². The van der Waals surface area contributed by atoms with Gasteiger partial charge in [-0.3, -0.25) is 9.69 Å². The molecule has 0 heterocycles. The largest absolute Gasteiger partial charge is 0.497 e. The molecule has 0 spiro atoms. The van der Waals surface area contributed by atoms with E-state index in [1.54, 1.807) is 20.3 Å². The molecule has 1 atom stereocenters. The third kappa shape index (κ3) is 4.79. The minimum atomic E-state index is -0.239. The Kier molecular flexibility index (Phi) is 6.75. The van der Waals surface area contributed by atoms with Crippen molar-refractivity contribution in [2.24, 2.45) is 0 Å². The van der Waals surface area contributed by atoms with E-state index in [0.29, 0.717) is 13.1 Å². The van der Waals surface area contributed by atoms with Crippen LogP contribution in [-0.4, -0.2) is 44.7 Å². The Morgan fingerprint density at radius 1 is 1.43 bits per heavy atom. The number of nitrogens with zero attached hydrogens (tertiary/aromatic N) is 1. The molecule has 0 bridgehead atoms. The van der Waals surface area contributed by atoms with E-state index in [4.69, 9.17) is 9.47 Å². The summed E-state index contributed by atoms with van der Waals surface area (Å²) >= 11 is 0. The third-order valence-corrected chi connectivity index (χ3v) is 3.38. The van der Waals surface area contributed by atoms with Gasteiger partial charge in [0.05, 0.1) is 20.3 Å². The van der Waals surface area contributed by atoms with E-state index in [1.165, 1.54) is 0 Å². The summed E-state index contributed by atoms with van der Waals surface area (Å²) in [5.74, 6) is 1.47. The zero-order valence-corrected chi connectivity index (χ0v) is 13.2. The van der Waals surface area contributed by atoms with Crippen LogP contribution in [-0.2, 0) is 11.3 Å². The van der Waals surface area contributed by atoms with E-state index in [1.807, 2.05) is 37.1 Å². The first-order chi connectivity index (χ1) is 10.0. The number of ether oxygens (including phenoxy) is 2. The van der Waals surface area contributed by atoms with Gasteiger partial charge in [-0.25, -0.2) is 0 Å². The fraction of sp³-hybridized carbons (Fsp3) is 0.438. The normalized spacial score (nSPS) is 11.9. The van der Waals surface area contributed by atoms with E-state index in [2.05, 4.69) is 11.9 Å². The van der Waals surface area contributed by atoms with Crippen LogP contribution in [0.1, 0.15) is 12.5 Å². The monoisotopic (exact) mass is 292 g/mol. The van der Waals surface area contributed by atoms with Crippen molar-refractivity contribution in [3.63, 3.8) is 0 Å². The molecular weight excluding hydrogens is 268 g/mol. The third-order valence-electron chi connectivity index (χ3n) is 3.38. The first-order valence-corrected chi connectivity index (χ1v) is 6.83. The molecule has 21 heavy (non-hydrogen) atoms. The van der Waals surface area contributed by atoms with Crippen molar-refractivity contribution in [1.29, 1.82) is 0 Å². The number of likely N-dealkylation sites (N-methyl/N-ethyl adjacent to an activating group) is 1. The van der Waals surface area contributed by atoms with Crippen LogP contribution >= 0.6 is 0 Å². The highest BCUT2D eigenvalue weighted by atomic mass is 16.5. The molecule has 116 valence electrons. The van der Waals surface area contributed by atoms with Gasteiger partial charge in [0.15, 0.2) is 0 Å². The number of carbonyl (C=O) groups excluding carboxylic acids is 1. The maximum atomic E-state index is 11.9. The quantitative estimate of drug-likeness (QED) is 0.743.